The fourth-order valence-electron chi connectivity index (χ4n) is 1.40. The number of methoxy groups -OCH3 is 1. The molecule has 0 saturated carbocycles. The van der Waals surface area contributed by atoms with Crippen LogP contribution in [-0.2, 0) is 0 Å². The van der Waals surface area contributed by atoms with Crippen molar-refractivity contribution in [3.63, 3.8) is 0 Å². The van der Waals surface area contributed by atoms with Crippen LogP contribution in [0.3, 0.4) is 0 Å². The van der Waals surface area contributed by atoms with E-state index in [2.05, 4.69) is 4.98 Å². The lowest BCUT2D eigenvalue weighted by Crippen LogP contribution is -1.94. The van der Waals surface area contributed by atoms with Crippen LogP contribution in [0.25, 0.3) is 11.3 Å². The zero-order chi connectivity index (χ0) is 11.5. The fraction of sp³-hybridized carbons (Fsp3) is 0.0833. The first-order chi connectivity index (χ1) is 7.69. The minimum absolute atomic E-state index is 0.505. The van der Waals surface area contributed by atoms with Gasteiger partial charge in [-0.25, -0.2) is 4.98 Å². The van der Waals surface area contributed by atoms with Gasteiger partial charge in [0.1, 0.15) is 0 Å². The molecule has 0 spiro atoms. The molecule has 0 aliphatic carbocycles. The maximum atomic E-state index is 5.82. The van der Waals surface area contributed by atoms with Gasteiger partial charge in [0.25, 0.3) is 0 Å². The number of anilines is 1. The Balaban J connectivity index is 2.47. The Morgan fingerprint density at radius 3 is 2.50 bits per heavy atom. The maximum Gasteiger partial charge on any atom is 0.215 e. The smallest absolute Gasteiger partial charge is 0.215 e. The van der Waals surface area contributed by atoms with E-state index in [9.17, 15) is 0 Å². The highest BCUT2D eigenvalue weighted by Crippen LogP contribution is 2.24. The first kappa shape index (κ1) is 10.8. The number of hydrogen-bond donors (Lipinski definition) is 1. The standard InChI is InChI=1S/C12H11ClN2O/c1-16-12-7-10(14)6-11(15-12)8-2-4-9(13)5-3-8/h2-7H,1H3,(H2,14,15). The molecule has 0 unspecified atom stereocenters. The molecule has 3 nitrogen and oxygen atoms in total. The number of nitrogen functional groups attached to an aromatic ring is 1. The van der Waals surface area contributed by atoms with Crippen LogP contribution >= 0.6 is 11.6 Å². The van der Waals surface area contributed by atoms with Crippen molar-refractivity contribution >= 4 is 17.3 Å². The van der Waals surface area contributed by atoms with E-state index in [0.717, 1.165) is 11.3 Å². The van der Waals surface area contributed by atoms with Gasteiger partial charge in [-0.05, 0) is 18.2 Å². The van der Waals surface area contributed by atoms with Gasteiger partial charge >= 0.3 is 0 Å². The summed E-state index contributed by atoms with van der Waals surface area (Å²) in [4.78, 5) is 4.31. The van der Waals surface area contributed by atoms with E-state index in [0.29, 0.717) is 16.6 Å². The highest BCUT2D eigenvalue weighted by atomic mass is 35.5. The largest absolute Gasteiger partial charge is 0.481 e. The fourth-order valence-corrected chi connectivity index (χ4v) is 1.52. The van der Waals surface area contributed by atoms with Crippen molar-refractivity contribution < 1.29 is 4.74 Å². The molecule has 0 fully saturated rings. The topological polar surface area (TPSA) is 48.1 Å². The summed E-state index contributed by atoms with van der Waals surface area (Å²) >= 11 is 5.82. The van der Waals surface area contributed by atoms with Crippen LogP contribution in [0.1, 0.15) is 0 Å². The van der Waals surface area contributed by atoms with Gasteiger partial charge in [0.05, 0.1) is 12.8 Å². The van der Waals surface area contributed by atoms with Crippen molar-refractivity contribution in [3.8, 4) is 17.1 Å². The summed E-state index contributed by atoms with van der Waals surface area (Å²) in [5.41, 5.74) is 8.10. The average molecular weight is 235 g/mol. The van der Waals surface area contributed by atoms with Crippen LogP contribution in [0.4, 0.5) is 5.69 Å². The number of nitrogens with two attached hydrogens (primary N) is 1. The minimum atomic E-state index is 0.505. The molecule has 16 heavy (non-hydrogen) atoms. The summed E-state index contributed by atoms with van der Waals surface area (Å²) in [5.74, 6) is 0.505. The molecular weight excluding hydrogens is 224 g/mol. The molecule has 2 rings (SSSR count). The van der Waals surface area contributed by atoms with Crippen molar-refractivity contribution in [2.75, 3.05) is 12.8 Å². The highest BCUT2D eigenvalue weighted by Gasteiger charge is 2.03. The second-order valence-electron chi connectivity index (χ2n) is 3.33. The van der Waals surface area contributed by atoms with E-state index in [1.54, 1.807) is 19.2 Å². The molecule has 0 aliphatic rings. The number of rotatable bonds is 2. The SMILES string of the molecule is COc1cc(N)cc(-c2ccc(Cl)cc2)n1. The molecule has 0 saturated heterocycles. The zero-order valence-corrected chi connectivity index (χ0v) is 9.53. The molecule has 4 heteroatoms. The van der Waals surface area contributed by atoms with Gasteiger partial charge in [-0.15, -0.1) is 0 Å². The Bertz CT molecular complexity index is 497. The lowest BCUT2D eigenvalue weighted by atomic mass is 10.1. The molecule has 82 valence electrons. The predicted molar refractivity (Wildman–Crippen MR) is 65.6 cm³/mol. The van der Waals surface area contributed by atoms with Gasteiger partial charge in [0.15, 0.2) is 0 Å². The summed E-state index contributed by atoms with van der Waals surface area (Å²) in [6.45, 7) is 0. The molecule has 0 radical (unpaired) electrons. The van der Waals surface area contributed by atoms with E-state index >= 15 is 0 Å². The number of nitrogens with zero attached hydrogens (tertiary/aromatic N) is 1. The summed E-state index contributed by atoms with van der Waals surface area (Å²) < 4.78 is 5.06. The first-order valence-electron chi connectivity index (χ1n) is 4.76. The van der Waals surface area contributed by atoms with Crippen molar-refractivity contribution in [3.05, 3.63) is 41.4 Å². The van der Waals surface area contributed by atoms with Crippen LogP contribution in [0.2, 0.25) is 5.02 Å². The molecule has 1 aromatic carbocycles. The Morgan fingerprint density at radius 1 is 1.19 bits per heavy atom. The van der Waals surface area contributed by atoms with E-state index in [-0.39, 0.29) is 0 Å². The summed E-state index contributed by atoms with van der Waals surface area (Å²) in [6, 6.07) is 10.9. The number of halogens is 1. The third kappa shape index (κ3) is 2.25. The van der Waals surface area contributed by atoms with Gasteiger partial charge in [-0.3, -0.25) is 0 Å². The molecule has 0 atom stereocenters. The second-order valence-corrected chi connectivity index (χ2v) is 3.77. The summed E-state index contributed by atoms with van der Waals surface area (Å²) in [7, 11) is 1.56. The Morgan fingerprint density at radius 2 is 1.88 bits per heavy atom. The van der Waals surface area contributed by atoms with E-state index < -0.39 is 0 Å². The number of aromatic nitrogens is 1. The van der Waals surface area contributed by atoms with Crippen molar-refractivity contribution in [1.82, 2.24) is 4.98 Å². The second kappa shape index (κ2) is 4.41. The average Bonchev–Trinajstić information content (AvgIpc) is 2.29. The lowest BCUT2D eigenvalue weighted by Gasteiger charge is -2.05. The monoisotopic (exact) mass is 234 g/mol. The first-order valence-corrected chi connectivity index (χ1v) is 5.14. The molecule has 0 bridgehead atoms. The van der Waals surface area contributed by atoms with Crippen LogP contribution < -0.4 is 10.5 Å². The predicted octanol–water partition coefficient (Wildman–Crippen LogP) is 2.99. The summed E-state index contributed by atoms with van der Waals surface area (Å²) in [6.07, 6.45) is 0. The van der Waals surface area contributed by atoms with E-state index in [1.807, 2.05) is 24.3 Å². The zero-order valence-electron chi connectivity index (χ0n) is 8.77. The summed E-state index contributed by atoms with van der Waals surface area (Å²) in [5, 5.41) is 0.694. The molecule has 2 aromatic rings. The molecule has 0 aliphatic heterocycles. The van der Waals surface area contributed by atoms with Gasteiger partial charge in [0.2, 0.25) is 5.88 Å². The van der Waals surface area contributed by atoms with Crippen molar-refractivity contribution in [2.45, 2.75) is 0 Å². The quantitative estimate of drug-likeness (QED) is 0.869. The number of pyridine rings is 1. The third-order valence-corrected chi connectivity index (χ3v) is 2.43. The Kier molecular flexibility index (Phi) is 2.97. The molecule has 0 amide bonds. The van der Waals surface area contributed by atoms with Crippen LogP contribution in [0, 0.1) is 0 Å². The maximum absolute atomic E-state index is 5.82. The molecule has 1 heterocycles. The van der Waals surface area contributed by atoms with E-state index in [1.165, 1.54) is 0 Å². The molecule has 2 N–H and O–H groups in total. The van der Waals surface area contributed by atoms with Crippen molar-refractivity contribution in [2.24, 2.45) is 0 Å². The van der Waals surface area contributed by atoms with Gasteiger partial charge < -0.3 is 10.5 Å². The molecule has 1 aromatic heterocycles. The third-order valence-electron chi connectivity index (χ3n) is 2.17. The molecular formula is C12H11ClN2O. The van der Waals surface area contributed by atoms with Gasteiger partial charge in [-0.2, -0.15) is 0 Å². The minimum Gasteiger partial charge on any atom is -0.481 e. The normalized spacial score (nSPS) is 10.1. The van der Waals surface area contributed by atoms with Crippen LogP contribution in [0.5, 0.6) is 5.88 Å². The lowest BCUT2D eigenvalue weighted by molar-refractivity contribution is 0.399. The number of benzene rings is 1. The number of hydrogen-bond acceptors (Lipinski definition) is 3. The number of ether oxygens (including phenoxy) is 1. The van der Waals surface area contributed by atoms with E-state index in [4.69, 9.17) is 22.1 Å². The van der Waals surface area contributed by atoms with Gasteiger partial charge in [0, 0.05) is 22.3 Å². The Labute approximate surface area is 98.8 Å². The van der Waals surface area contributed by atoms with Crippen LogP contribution in [-0.4, -0.2) is 12.1 Å². The Hall–Kier alpha value is -1.74. The van der Waals surface area contributed by atoms with Crippen molar-refractivity contribution in [1.29, 1.82) is 0 Å². The highest BCUT2D eigenvalue weighted by molar-refractivity contribution is 6.30. The van der Waals surface area contributed by atoms with Gasteiger partial charge in [-0.1, -0.05) is 23.7 Å². The van der Waals surface area contributed by atoms with Crippen LogP contribution in [0.15, 0.2) is 36.4 Å².